The van der Waals surface area contributed by atoms with Crippen LogP contribution in [0.15, 0.2) is 49.6 Å². The maximum atomic E-state index is 13.1. The molecule has 40 heavy (non-hydrogen) atoms. The fraction of sp³-hybridized carbons (Fsp3) is 0.333. The number of rotatable bonds is 3. The van der Waals surface area contributed by atoms with Gasteiger partial charge in [-0.2, -0.15) is 0 Å². The lowest BCUT2D eigenvalue weighted by atomic mass is 10.1. The molecular formula is C27H29ClN8O4. The number of hydrogen-bond donors (Lipinski definition) is 1. The molecule has 1 saturated heterocycles. The van der Waals surface area contributed by atoms with Gasteiger partial charge >= 0.3 is 6.09 Å². The zero-order valence-electron chi connectivity index (χ0n) is 22.6. The molecular weight excluding hydrogens is 536 g/mol. The Labute approximate surface area is 235 Å². The standard InChI is InChI=1S/C22H23ClN6O4.C5H6N2/c1-22(2,3)33-21(32)29-8-6-28(7-9-29)20(31)19(30)13-10-26-18-16(13)14(23)11-27-17(18)15-12-24-4-5-25-15;1-5-4-6-2-3-7-5/h4-5,10-12,26H,6-9H2,1-3H3;2-4H,1H3. The first-order valence-corrected chi connectivity index (χ1v) is 12.9. The monoisotopic (exact) mass is 564 g/mol. The number of nitrogens with zero attached hydrogens (tertiary/aromatic N) is 7. The number of ether oxygens (including phenoxy) is 1. The molecule has 0 bridgehead atoms. The van der Waals surface area contributed by atoms with E-state index in [9.17, 15) is 14.4 Å². The summed E-state index contributed by atoms with van der Waals surface area (Å²) < 4.78 is 5.37. The maximum Gasteiger partial charge on any atom is 0.410 e. The Morgan fingerprint density at radius 2 is 1.55 bits per heavy atom. The highest BCUT2D eigenvalue weighted by molar-refractivity contribution is 6.47. The van der Waals surface area contributed by atoms with Crippen molar-refractivity contribution in [3.05, 3.63) is 65.9 Å². The molecule has 1 aliphatic rings. The molecule has 5 rings (SSSR count). The van der Waals surface area contributed by atoms with E-state index < -0.39 is 23.4 Å². The largest absolute Gasteiger partial charge is 0.444 e. The second-order valence-electron chi connectivity index (χ2n) is 9.93. The summed E-state index contributed by atoms with van der Waals surface area (Å²) >= 11 is 6.35. The van der Waals surface area contributed by atoms with Gasteiger partial charge < -0.3 is 19.5 Å². The number of carbonyl (C=O) groups is 3. The summed E-state index contributed by atoms with van der Waals surface area (Å²) in [5, 5.41) is 0.642. The van der Waals surface area contributed by atoms with E-state index in [4.69, 9.17) is 16.3 Å². The number of H-pyrrole nitrogens is 1. The first-order chi connectivity index (χ1) is 19.0. The topological polar surface area (TPSA) is 147 Å². The maximum absolute atomic E-state index is 13.1. The molecule has 0 saturated carbocycles. The number of aromatic amines is 1. The van der Waals surface area contributed by atoms with Crippen molar-refractivity contribution in [3.8, 4) is 11.4 Å². The van der Waals surface area contributed by atoms with Gasteiger partial charge in [0.1, 0.15) is 17.0 Å². The third-order valence-corrected chi connectivity index (χ3v) is 6.10. The van der Waals surface area contributed by atoms with Crippen LogP contribution >= 0.6 is 11.6 Å². The van der Waals surface area contributed by atoms with E-state index in [0.717, 1.165) is 5.69 Å². The summed E-state index contributed by atoms with van der Waals surface area (Å²) in [7, 11) is 0. The van der Waals surface area contributed by atoms with Crippen LogP contribution in [0.5, 0.6) is 0 Å². The van der Waals surface area contributed by atoms with Crippen LogP contribution in [-0.4, -0.2) is 89.3 Å². The summed E-state index contributed by atoms with van der Waals surface area (Å²) in [6.45, 7) is 8.31. The Morgan fingerprint density at radius 1 is 0.900 bits per heavy atom. The molecule has 5 heterocycles. The van der Waals surface area contributed by atoms with Gasteiger partial charge in [0, 0.05) is 74.9 Å². The van der Waals surface area contributed by atoms with Crippen LogP contribution in [-0.2, 0) is 9.53 Å². The Morgan fingerprint density at radius 3 is 2.10 bits per heavy atom. The van der Waals surface area contributed by atoms with Gasteiger partial charge in [0.15, 0.2) is 0 Å². The molecule has 0 aliphatic carbocycles. The average Bonchev–Trinajstić information content (AvgIpc) is 3.39. The molecule has 13 heteroatoms. The van der Waals surface area contributed by atoms with E-state index >= 15 is 0 Å². The van der Waals surface area contributed by atoms with E-state index in [1.165, 1.54) is 28.4 Å². The first kappa shape index (κ1) is 28.6. The summed E-state index contributed by atoms with van der Waals surface area (Å²) in [4.78, 5) is 64.6. The number of Topliss-reactive ketones (excluding diaryl/α,β-unsaturated/α-hetero) is 1. The summed E-state index contributed by atoms with van der Waals surface area (Å²) in [5.41, 5.74) is 1.98. The Hall–Kier alpha value is -4.45. The number of hydrogen-bond acceptors (Lipinski definition) is 9. The second kappa shape index (κ2) is 12.2. The first-order valence-electron chi connectivity index (χ1n) is 12.5. The highest BCUT2D eigenvalue weighted by Gasteiger charge is 2.32. The van der Waals surface area contributed by atoms with Gasteiger partial charge in [0.05, 0.1) is 28.0 Å². The normalized spacial score (nSPS) is 13.4. The second-order valence-corrected chi connectivity index (χ2v) is 10.3. The van der Waals surface area contributed by atoms with E-state index in [1.54, 1.807) is 51.8 Å². The van der Waals surface area contributed by atoms with Crippen LogP contribution in [0, 0.1) is 6.92 Å². The molecule has 1 fully saturated rings. The number of ketones is 1. The minimum absolute atomic E-state index is 0.155. The van der Waals surface area contributed by atoms with E-state index in [-0.39, 0.29) is 36.8 Å². The molecule has 0 atom stereocenters. The van der Waals surface area contributed by atoms with Crippen LogP contribution in [0.4, 0.5) is 4.79 Å². The van der Waals surface area contributed by atoms with Gasteiger partial charge in [0.2, 0.25) is 0 Å². The molecule has 1 aliphatic heterocycles. The number of piperazine rings is 1. The number of nitrogens with one attached hydrogen (secondary N) is 1. The summed E-state index contributed by atoms with van der Waals surface area (Å²) in [6, 6.07) is 0. The fourth-order valence-electron chi connectivity index (χ4n) is 3.95. The number of halogens is 1. The zero-order chi connectivity index (χ0) is 28.9. The Bertz CT molecular complexity index is 1500. The molecule has 1 N–H and O–H groups in total. The molecule has 12 nitrogen and oxygen atoms in total. The predicted octanol–water partition coefficient (Wildman–Crippen LogP) is 3.72. The van der Waals surface area contributed by atoms with Gasteiger partial charge in [-0.3, -0.25) is 34.5 Å². The van der Waals surface area contributed by atoms with E-state index in [0.29, 0.717) is 22.3 Å². The number of aromatic nitrogens is 6. The van der Waals surface area contributed by atoms with Crippen LogP contribution in [0.3, 0.4) is 0 Å². The van der Waals surface area contributed by atoms with Gasteiger partial charge in [-0.25, -0.2) is 4.79 Å². The number of carbonyl (C=O) groups excluding carboxylic acids is 3. The number of amides is 2. The molecule has 208 valence electrons. The van der Waals surface area contributed by atoms with Gasteiger partial charge in [-0.05, 0) is 27.7 Å². The highest BCUT2D eigenvalue weighted by atomic mass is 35.5. The number of pyridine rings is 1. The molecule has 2 amide bonds. The Kier molecular flexibility index (Phi) is 8.68. The van der Waals surface area contributed by atoms with Crippen molar-refractivity contribution < 1.29 is 19.1 Å². The summed E-state index contributed by atoms with van der Waals surface area (Å²) in [5.74, 6) is -1.35. The van der Waals surface area contributed by atoms with Crippen molar-refractivity contribution in [1.82, 2.24) is 39.7 Å². The van der Waals surface area contributed by atoms with Gasteiger partial charge in [-0.1, -0.05) is 11.6 Å². The van der Waals surface area contributed by atoms with Crippen LogP contribution < -0.4 is 0 Å². The lowest BCUT2D eigenvalue weighted by molar-refractivity contribution is -0.128. The van der Waals surface area contributed by atoms with Crippen molar-refractivity contribution in [2.24, 2.45) is 0 Å². The van der Waals surface area contributed by atoms with Gasteiger partial charge in [0.25, 0.3) is 11.7 Å². The van der Waals surface area contributed by atoms with Crippen LogP contribution in [0.2, 0.25) is 5.02 Å². The Balaban J connectivity index is 0.000000461. The lowest BCUT2D eigenvalue weighted by Gasteiger charge is -2.35. The molecule has 0 unspecified atom stereocenters. The van der Waals surface area contributed by atoms with E-state index in [1.807, 2.05) is 6.92 Å². The van der Waals surface area contributed by atoms with Crippen molar-refractivity contribution in [2.45, 2.75) is 33.3 Å². The van der Waals surface area contributed by atoms with Crippen LogP contribution in [0.1, 0.15) is 36.8 Å². The third kappa shape index (κ3) is 6.75. The smallest absolute Gasteiger partial charge is 0.410 e. The van der Waals surface area contributed by atoms with Crippen molar-refractivity contribution in [2.75, 3.05) is 26.2 Å². The van der Waals surface area contributed by atoms with Crippen molar-refractivity contribution >= 4 is 40.3 Å². The molecule has 0 aromatic carbocycles. The number of fused-ring (bicyclic) bond motifs is 1. The average molecular weight is 565 g/mol. The predicted molar refractivity (Wildman–Crippen MR) is 148 cm³/mol. The molecule has 4 aromatic heterocycles. The quantitative estimate of drug-likeness (QED) is 0.290. The van der Waals surface area contributed by atoms with Crippen molar-refractivity contribution in [3.63, 3.8) is 0 Å². The SMILES string of the molecule is CC(C)(C)OC(=O)N1CCN(C(=O)C(=O)c2c[nH]c3c(-c4cnccn4)ncc(Cl)c23)CC1.Cc1cnccn1. The van der Waals surface area contributed by atoms with Crippen molar-refractivity contribution in [1.29, 1.82) is 0 Å². The fourth-order valence-corrected chi connectivity index (χ4v) is 4.20. The minimum Gasteiger partial charge on any atom is -0.444 e. The van der Waals surface area contributed by atoms with Gasteiger partial charge in [-0.15, -0.1) is 0 Å². The minimum atomic E-state index is -0.690. The lowest BCUT2D eigenvalue weighted by Crippen LogP contribution is -2.53. The molecule has 0 radical (unpaired) electrons. The molecule has 0 spiro atoms. The third-order valence-electron chi connectivity index (χ3n) is 5.82. The number of aryl methyl sites for hydroxylation is 1. The van der Waals surface area contributed by atoms with E-state index in [2.05, 4.69) is 29.9 Å². The molecule has 4 aromatic rings. The van der Waals surface area contributed by atoms with Crippen LogP contribution in [0.25, 0.3) is 22.3 Å². The highest BCUT2D eigenvalue weighted by Crippen LogP contribution is 2.32. The zero-order valence-corrected chi connectivity index (χ0v) is 23.3. The summed E-state index contributed by atoms with van der Waals surface area (Å²) in [6.07, 6.45) is 12.1.